The van der Waals surface area contributed by atoms with Gasteiger partial charge in [-0.15, -0.1) is 0 Å². The Bertz CT molecular complexity index is 1080. The molecule has 29 heavy (non-hydrogen) atoms. The standard InChI is InChI=1S/C20H25NO6S2/c1-14-4-6-15(7-5-14)11-21-17-12-28(22,23)13-20(17)29(24,25)16-8-9-18(26-2)19(10-16)27-3/h4-10,17,20-21H,11-13H2,1-3H3/t17-,20-/m0/s1. The van der Waals surface area contributed by atoms with Crippen molar-refractivity contribution in [3.8, 4) is 11.5 Å². The van der Waals surface area contributed by atoms with Gasteiger partial charge in [-0.3, -0.25) is 0 Å². The van der Waals surface area contributed by atoms with E-state index in [0.717, 1.165) is 11.1 Å². The fraction of sp³-hybridized carbons (Fsp3) is 0.400. The number of hydrogen-bond acceptors (Lipinski definition) is 7. The average Bonchev–Trinajstić information content (AvgIpc) is 3.02. The van der Waals surface area contributed by atoms with Crippen LogP contribution in [0.2, 0.25) is 0 Å². The van der Waals surface area contributed by atoms with E-state index in [-0.39, 0.29) is 16.4 Å². The quantitative estimate of drug-likeness (QED) is 0.702. The van der Waals surface area contributed by atoms with Gasteiger partial charge in [0, 0.05) is 18.7 Å². The summed E-state index contributed by atoms with van der Waals surface area (Å²) >= 11 is 0. The van der Waals surface area contributed by atoms with Crippen LogP contribution in [0.1, 0.15) is 11.1 Å². The molecule has 0 radical (unpaired) electrons. The van der Waals surface area contributed by atoms with Gasteiger partial charge in [0.05, 0.1) is 35.9 Å². The van der Waals surface area contributed by atoms with Gasteiger partial charge < -0.3 is 14.8 Å². The zero-order chi connectivity index (χ0) is 21.2. The predicted octanol–water partition coefficient (Wildman–Crippen LogP) is 1.74. The van der Waals surface area contributed by atoms with Crippen molar-refractivity contribution in [2.45, 2.75) is 29.7 Å². The van der Waals surface area contributed by atoms with Crippen molar-refractivity contribution >= 4 is 19.7 Å². The first kappa shape index (κ1) is 21.6. The zero-order valence-electron chi connectivity index (χ0n) is 16.6. The summed E-state index contributed by atoms with van der Waals surface area (Å²) < 4.78 is 61.4. The molecule has 0 unspecified atom stereocenters. The number of benzene rings is 2. The molecule has 0 aliphatic carbocycles. The Morgan fingerprint density at radius 3 is 2.28 bits per heavy atom. The van der Waals surface area contributed by atoms with Gasteiger partial charge in [0.15, 0.2) is 31.2 Å². The maximum Gasteiger partial charge on any atom is 0.183 e. The molecule has 158 valence electrons. The maximum atomic E-state index is 13.3. The number of methoxy groups -OCH3 is 2. The molecule has 2 aromatic carbocycles. The average molecular weight is 440 g/mol. The third kappa shape index (κ3) is 4.73. The van der Waals surface area contributed by atoms with Crippen molar-refractivity contribution in [1.82, 2.24) is 5.32 Å². The molecular formula is C20H25NO6S2. The molecule has 1 fully saturated rings. The Morgan fingerprint density at radius 1 is 1.00 bits per heavy atom. The Hall–Kier alpha value is -2.10. The van der Waals surface area contributed by atoms with Crippen LogP contribution in [0.15, 0.2) is 47.4 Å². The molecule has 2 aromatic rings. The molecule has 0 aromatic heterocycles. The Labute approximate surface area is 171 Å². The second-order valence-electron chi connectivity index (χ2n) is 7.15. The summed E-state index contributed by atoms with van der Waals surface area (Å²) in [7, 11) is -4.50. The minimum atomic E-state index is -3.90. The Kier molecular flexibility index (Phi) is 6.21. The van der Waals surface area contributed by atoms with Crippen molar-refractivity contribution in [3.05, 3.63) is 53.6 Å². The lowest BCUT2D eigenvalue weighted by Crippen LogP contribution is -2.43. The molecule has 0 amide bonds. The minimum absolute atomic E-state index is 0.0133. The highest BCUT2D eigenvalue weighted by Crippen LogP contribution is 2.33. The lowest BCUT2D eigenvalue weighted by molar-refractivity contribution is 0.354. The highest BCUT2D eigenvalue weighted by atomic mass is 32.2. The lowest BCUT2D eigenvalue weighted by Gasteiger charge is -2.20. The predicted molar refractivity (Wildman–Crippen MR) is 111 cm³/mol. The van der Waals surface area contributed by atoms with E-state index in [0.29, 0.717) is 12.3 Å². The van der Waals surface area contributed by atoms with Gasteiger partial charge in [0.25, 0.3) is 0 Å². The van der Waals surface area contributed by atoms with Crippen LogP contribution in [-0.2, 0) is 26.2 Å². The number of hydrogen-bond donors (Lipinski definition) is 1. The Morgan fingerprint density at radius 2 is 1.66 bits per heavy atom. The second kappa shape index (κ2) is 8.33. The summed E-state index contributed by atoms with van der Waals surface area (Å²) in [6.07, 6.45) is 0. The molecule has 3 rings (SSSR count). The first-order chi connectivity index (χ1) is 13.7. The summed E-state index contributed by atoms with van der Waals surface area (Å²) in [5.74, 6) is 0.0591. The van der Waals surface area contributed by atoms with Crippen LogP contribution in [0.3, 0.4) is 0 Å². The van der Waals surface area contributed by atoms with E-state index < -0.39 is 36.7 Å². The third-order valence-corrected chi connectivity index (χ3v) is 9.22. The van der Waals surface area contributed by atoms with Crippen molar-refractivity contribution in [2.24, 2.45) is 0 Å². The molecule has 7 nitrogen and oxygen atoms in total. The van der Waals surface area contributed by atoms with Gasteiger partial charge in [-0.05, 0) is 24.6 Å². The molecule has 1 N–H and O–H groups in total. The van der Waals surface area contributed by atoms with E-state index in [2.05, 4.69) is 5.32 Å². The Balaban J connectivity index is 1.88. The van der Waals surface area contributed by atoms with Crippen LogP contribution in [0.25, 0.3) is 0 Å². The lowest BCUT2D eigenvalue weighted by atomic mass is 10.1. The molecule has 1 aliphatic rings. The molecule has 2 atom stereocenters. The molecule has 1 heterocycles. The van der Waals surface area contributed by atoms with Gasteiger partial charge >= 0.3 is 0 Å². The largest absolute Gasteiger partial charge is 0.493 e. The van der Waals surface area contributed by atoms with Gasteiger partial charge in [-0.1, -0.05) is 29.8 Å². The first-order valence-corrected chi connectivity index (χ1v) is 12.5. The molecule has 0 spiro atoms. The molecule has 9 heteroatoms. The molecule has 0 bridgehead atoms. The van der Waals surface area contributed by atoms with E-state index in [9.17, 15) is 16.8 Å². The van der Waals surface area contributed by atoms with Crippen LogP contribution in [0, 0.1) is 6.92 Å². The SMILES string of the molecule is COc1ccc(S(=O)(=O)[C@H]2CS(=O)(=O)C[C@@H]2NCc2ccc(C)cc2)cc1OC. The first-order valence-electron chi connectivity index (χ1n) is 9.11. The summed E-state index contributed by atoms with van der Waals surface area (Å²) in [6, 6.07) is 11.4. The van der Waals surface area contributed by atoms with Crippen LogP contribution in [-0.4, -0.2) is 53.9 Å². The fourth-order valence-corrected chi connectivity index (χ4v) is 8.17. The van der Waals surface area contributed by atoms with Crippen LogP contribution < -0.4 is 14.8 Å². The van der Waals surface area contributed by atoms with Crippen molar-refractivity contribution < 1.29 is 26.3 Å². The highest BCUT2D eigenvalue weighted by molar-refractivity contribution is 7.96. The van der Waals surface area contributed by atoms with Crippen LogP contribution in [0.5, 0.6) is 11.5 Å². The number of nitrogens with one attached hydrogen (secondary N) is 1. The van der Waals surface area contributed by atoms with E-state index in [1.165, 1.54) is 32.4 Å². The molecule has 1 aliphatic heterocycles. The van der Waals surface area contributed by atoms with E-state index in [4.69, 9.17) is 9.47 Å². The maximum absolute atomic E-state index is 13.3. The number of sulfone groups is 2. The highest BCUT2D eigenvalue weighted by Gasteiger charge is 2.45. The topological polar surface area (TPSA) is 98.8 Å². The van der Waals surface area contributed by atoms with Crippen LogP contribution in [0.4, 0.5) is 0 Å². The summed E-state index contributed by atoms with van der Waals surface area (Å²) in [5.41, 5.74) is 2.08. The summed E-state index contributed by atoms with van der Waals surface area (Å²) in [6.45, 7) is 2.37. The summed E-state index contributed by atoms with van der Waals surface area (Å²) in [4.78, 5) is 0.0133. The van der Waals surface area contributed by atoms with Crippen molar-refractivity contribution in [2.75, 3.05) is 25.7 Å². The van der Waals surface area contributed by atoms with Gasteiger partial charge in [-0.25, -0.2) is 16.8 Å². The normalized spacial score (nSPS) is 21.1. The molecule has 1 saturated heterocycles. The smallest absolute Gasteiger partial charge is 0.183 e. The number of ether oxygens (including phenoxy) is 2. The number of aryl methyl sites for hydroxylation is 1. The molecule has 0 saturated carbocycles. The second-order valence-corrected chi connectivity index (χ2v) is 11.5. The number of rotatable bonds is 7. The monoisotopic (exact) mass is 439 g/mol. The van der Waals surface area contributed by atoms with Crippen molar-refractivity contribution in [1.29, 1.82) is 0 Å². The third-order valence-electron chi connectivity index (χ3n) is 5.07. The van der Waals surface area contributed by atoms with Gasteiger partial charge in [0.1, 0.15) is 0 Å². The fourth-order valence-electron chi connectivity index (χ4n) is 3.43. The van der Waals surface area contributed by atoms with Crippen molar-refractivity contribution in [3.63, 3.8) is 0 Å². The minimum Gasteiger partial charge on any atom is -0.493 e. The van der Waals surface area contributed by atoms with Gasteiger partial charge in [0.2, 0.25) is 0 Å². The van der Waals surface area contributed by atoms with E-state index in [1.54, 1.807) is 0 Å². The van der Waals surface area contributed by atoms with E-state index in [1.807, 2.05) is 31.2 Å². The zero-order valence-corrected chi connectivity index (χ0v) is 18.2. The summed E-state index contributed by atoms with van der Waals surface area (Å²) in [5, 5.41) is 2.06. The van der Waals surface area contributed by atoms with Crippen LogP contribution >= 0.6 is 0 Å². The van der Waals surface area contributed by atoms with Gasteiger partial charge in [-0.2, -0.15) is 0 Å². The van der Waals surface area contributed by atoms with E-state index >= 15 is 0 Å². The molecular weight excluding hydrogens is 414 g/mol.